The number of benzene rings is 1. The first-order chi connectivity index (χ1) is 7.75. The van der Waals surface area contributed by atoms with E-state index in [4.69, 9.17) is 5.73 Å². The molecule has 0 aliphatic heterocycles. The molecule has 3 rings (SSSR count). The molecule has 0 unspecified atom stereocenters. The van der Waals surface area contributed by atoms with Crippen LogP contribution in [0.3, 0.4) is 0 Å². The van der Waals surface area contributed by atoms with Crippen LogP contribution in [-0.4, -0.2) is 14.8 Å². The van der Waals surface area contributed by atoms with Crippen LogP contribution in [0.15, 0.2) is 36.5 Å². The maximum atomic E-state index is 5.64. The van der Waals surface area contributed by atoms with E-state index in [0.29, 0.717) is 5.82 Å². The van der Waals surface area contributed by atoms with Crippen molar-refractivity contribution in [2.24, 2.45) is 0 Å². The lowest BCUT2D eigenvalue weighted by atomic mass is 10.2. The van der Waals surface area contributed by atoms with Gasteiger partial charge in [-0.25, -0.2) is 4.68 Å². The van der Waals surface area contributed by atoms with Gasteiger partial charge in [0.2, 0.25) is 0 Å². The average Bonchev–Trinajstić information content (AvgIpc) is 2.80. The van der Waals surface area contributed by atoms with E-state index in [1.807, 2.05) is 29.9 Å². The molecule has 0 radical (unpaired) electrons. The molecule has 0 saturated heterocycles. The summed E-state index contributed by atoms with van der Waals surface area (Å²) in [5.41, 5.74) is 8.90. The number of nitrogen functional groups attached to an aromatic ring is 1. The van der Waals surface area contributed by atoms with Crippen molar-refractivity contribution in [1.82, 2.24) is 14.8 Å². The van der Waals surface area contributed by atoms with E-state index in [2.05, 4.69) is 22.2 Å². The predicted molar refractivity (Wildman–Crippen MR) is 64.6 cm³/mol. The Morgan fingerprint density at radius 2 is 2.06 bits per heavy atom. The molecule has 0 saturated carbocycles. The zero-order chi connectivity index (χ0) is 11.1. The summed E-state index contributed by atoms with van der Waals surface area (Å²) < 4.78 is 1.81. The first-order valence-electron chi connectivity index (χ1n) is 5.14. The van der Waals surface area contributed by atoms with E-state index in [1.54, 1.807) is 6.07 Å². The Bertz CT molecular complexity index is 648. The van der Waals surface area contributed by atoms with Crippen molar-refractivity contribution >= 4 is 16.7 Å². The van der Waals surface area contributed by atoms with Crippen LogP contribution in [0, 0.1) is 6.92 Å². The van der Waals surface area contributed by atoms with Crippen molar-refractivity contribution in [1.29, 1.82) is 0 Å². The Morgan fingerprint density at radius 3 is 2.81 bits per heavy atom. The standard InChI is InChI=1S/C12H12N4/c1-8-12(16-7-6-11(13)15-16)9-4-2-3-5-10(9)14-8/h2-7,14H,1H3,(H2,13,15). The predicted octanol–water partition coefficient (Wildman–Crippen LogP) is 2.24. The zero-order valence-corrected chi connectivity index (χ0v) is 8.94. The summed E-state index contributed by atoms with van der Waals surface area (Å²) in [6, 6.07) is 9.96. The normalized spacial score (nSPS) is 11.1. The lowest BCUT2D eigenvalue weighted by Crippen LogP contribution is -1.97. The van der Waals surface area contributed by atoms with Gasteiger partial charge in [-0.3, -0.25) is 0 Å². The summed E-state index contributed by atoms with van der Waals surface area (Å²) in [4.78, 5) is 3.33. The van der Waals surface area contributed by atoms with Crippen molar-refractivity contribution in [3.63, 3.8) is 0 Å². The summed E-state index contributed by atoms with van der Waals surface area (Å²) in [5, 5.41) is 5.39. The molecule has 16 heavy (non-hydrogen) atoms. The number of hydrogen-bond donors (Lipinski definition) is 2. The largest absolute Gasteiger partial charge is 0.382 e. The summed E-state index contributed by atoms with van der Waals surface area (Å²) in [7, 11) is 0. The molecule has 4 nitrogen and oxygen atoms in total. The van der Waals surface area contributed by atoms with Crippen LogP contribution in [-0.2, 0) is 0 Å². The first-order valence-corrected chi connectivity index (χ1v) is 5.14. The van der Waals surface area contributed by atoms with Gasteiger partial charge >= 0.3 is 0 Å². The molecule has 3 N–H and O–H groups in total. The fourth-order valence-electron chi connectivity index (χ4n) is 2.02. The molecule has 1 aromatic carbocycles. The number of rotatable bonds is 1. The molecule has 0 bridgehead atoms. The molecule has 2 aromatic heterocycles. The minimum atomic E-state index is 0.532. The fourth-order valence-corrected chi connectivity index (χ4v) is 2.02. The second-order valence-corrected chi connectivity index (χ2v) is 3.83. The number of fused-ring (bicyclic) bond motifs is 1. The van der Waals surface area contributed by atoms with E-state index >= 15 is 0 Å². The van der Waals surface area contributed by atoms with Crippen LogP contribution in [0.2, 0.25) is 0 Å². The number of hydrogen-bond acceptors (Lipinski definition) is 2. The number of H-pyrrole nitrogens is 1. The van der Waals surface area contributed by atoms with Gasteiger partial charge in [0, 0.05) is 28.9 Å². The highest BCUT2D eigenvalue weighted by Gasteiger charge is 2.10. The average molecular weight is 212 g/mol. The Kier molecular flexibility index (Phi) is 1.77. The van der Waals surface area contributed by atoms with Gasteiger partial charge in [0.15, 0.2) is 0 Å². The van der Waals surface area contributed by atoms with E-state index in [1.165, 1.54) is 0 Å². The summed E-state index contributed by atoms with van der Waals surface area (Å²) in [5.74, 6) is 0.532. The second-order valence-electron chi connectivity index (χ2n) is 3.83. The van der Waals surface area contributed by atoms with E-state index in [0.717, 1.165) is 22.3 Å². The van der Waals surface area contributed by atoms with Crippen molar-refractivity contribution in [3.8, 4) is 5.69 Å². The van der Waals surface area contributed by atoms with Gasteiger partial charge in [0.05, 0.1) is 5.69 Å². The third-order valence-electron chi connectivity index (χ3n) is 2.70. The van der Waals surface area contributed by atoms with Crippen LogP contribution in [0.4, 0.5) is 5.82 Å². The van der Waals surface area contributed by atoms with Crippen molar-refractivity contribution in [3.05, 3.63) is 42.2 Å². The van der Waals surface area contributed by atoms with Gasteiger partial charge < -0.3 is 10.7 Å². The highest BCUT2D eigenvalue weighted by atomic mass is 15.3. The number of nitrogens with two attached hydrogens (primary N) is 1. The third kappa shape index (κ3) is 1.20. The number of nitrogens with one attached hydrogen (secondary N) is 1. The Labute approximate surface area is 92.7 Å². The van der Waals surface area contributed by atoms with Crippen LogP contribution in [0.25, 0.3) is 16.6 Å². The molecule has 0 aliphatic rings. The molecule has 0 fully saturated rings. The molecule has 80 valence electrons. The lowest BCUT2D eigenvalue weighted by Gasteiger charge is -2.00. The number of aromatic amines is 1. The fraction of sp³-hybridized carbons (Fsp3) is 0.0833. The Hall–Kier alpha value is -2.23. The maximum Gasteiger partial charge on any atom is 0.145 e. The molecule has 0 amide bonds. The van der Waals surface area contributed by atoms with Crippen molar-refractivity contribution in [2.45, 2.75) is 6.92 Å². The molecule has 0 spiro atoms. The van der Waals surface area contributed by atoms with Crippen LogP contribution in [0.1, 0.15) is 5.69 Å². The summed E-state index contributed by atoms with van der Waals surface area (Å²) >= 11 is 0. The SMILES string of the molecule is Cc1[nH]c2ccccc2c1-n1ccc(N)n1. The minimum Gasteiger partial charge on any atom is -0.382 e. The quantitative estimate of drug-likeness (QED) is 0.650. The van der Waals surface area contributed by atoms with E-state index in [-0.39, 0.29) is 0 Å². The second kappa shape index (κ2) is 3.13. The topological polar surface area (TPSA) is 59.6 Å². The molecule has 2 heterocycles. The van der Waals surface area contributed by atoms with Gasteiger partial charge in [-0.2, -0.15) is 5.10 Å². The number of aryl methyl sites for hydroxylation is 1. The lowest BCUT2D eigenvalue weighted by molar-refractivity contribution is 0.883. The molecule has 3 aromatic rings. The summed E-state index contributed by atoms with van der Waals surface area (Å²) in [6.07, 6.45) is 1.87. The number of para-hydroxylation sites is 1. The minimum absolute atomic E-state index is 0.532. The van der Waals surface area contributed by atoms with Gasteiger partial charge in [-0.1, -0.05) is 18.2 Å². The highest BCUT2D eigenvalue weighted by Crippen LogP contribution is 2.25. The number of aromatic nitrogens is 3. The smallest absolute Gasteiger partial charge is 0.145 e. The van der Waals surface area contributed by atoms with Gasteiger partial charge in [-0.05, 0) is 13.0 Å². The number of anilines is 1. The van der Waals surface area contributed by atoms with E-state index in [9.17, 15) is 0 Å². The maximum absolute atomic E-state index is 5.64. The van der Waals surface area contributed by atoms with Crippen LogP contribution in [0.5, 0.6) is 0 Å². The van der Waals surface area contributed by atoms with Crippen LogP contribution < -0.4 is 5.73 Å². The van der Waals surface area contributed by atoms with Crippen molar-refractivity contribution in [2.75, 3.05) is 5.73 Å². The first kappa shape index (κ1) is 9.03. The Balaban J connectivity index is 2.34. The third-order valence-corrected chi connectivity index (χ3v) is 2.70. The molecular weight excluding hydrogens is 200 g/mol. The molecule has 4 heteroatoms. The molecule has 0 atom stereocenters. The van der Waals surface area contributed by atoms with Crippen molar-refractivity contribution < 1.29 is 0 Å². The monoisotopic (exact) mass is 212 g/mol. The molecule has 0 aliphatic carbocycles. The van der Waals surface area contributed by atoms with Gasteiger partial charge in [0.25, 0.3) is 0 Å². The van der Waals surface area contributed by atoms with E-state index < -0.39 is 0 Å². The molecular formula is C12H12N4. The Morgan fingerprint density at radius 1 is 1.25 bits per heavy atom. The highest BCUT2D eigenvalue weighted by molar-refractivity contribution is 5.89. The number of nitrogens with zero attached hydrogens (tertiary/aromatic N) is 2. The summed E-state index contributed by atoms with van der Waals surface area (Å²) in [6.45, 7) is 2.03. The zero-order valence-electron chi connectivity index (χ0n) is 8.94. The van der Waals surface area contributed by atoms with Crippen LogP contribution >= 0.6 is 0 Å². The van der Waals surface area contributed by atoms with Gasteiger partial charge in [-0.15, -0.1) is 0 Å². The van der Waals surface area contributed by atoms with Gasteiger partial charge in [0.1, 0.15) is 5.82 Å².